The van der Waals surface area contributed by atoms with Gasteiger partial charge in [-0.05, 0) is 12.8 Å². The summed E-state index contributed by atoms with van der Waals surface area (Å²) in [6, 6.07) is 0. The Morgan fingerprint density at radius 1 is 1.23 bits per heavy atom. The number of amides is 2. The van der Waals surface area contributed by atoms with Gasteiger partial charge in [0, 0.05) is 11.3 Å². The highest BCUT2D eigenvalue weighted by Gasteiger charge is 2.45. The summed E-state index contributed by atoms with van der Waals surface area (Å²) >= 11 is 0. The number of carbonyl (C=O) groups is 2. The lowest BCUT2D eigenvalue weighted by Gasteiger charge is -2.12. The van der Waals surface area contributed by atoms with Gasteiger partial charge in [-0.1, -0.05) is 20.8 Å². The monoisotopic (exact) mass is 184 g/mol. The molecule has 0 aromatic rings. The van der Waals surface area contributed by atoms with Crippen LogP contribution < -0.4 is 10.9 Å². The van der Waals surface area contributed by atoms with E-state index in [2.05, 4.69) is 10.9 Å². The molecule has 2 amide bonds. The lowest BCUT2D eigenvalue weighted by Crippen LogP contribution is -2.46. The average molecular weight is 184 g/mol. The van der Waals surface area contributed by atoms with E-state index >= 15 is 0 Å². The van der Waals surface area contributed by atoms with Gasteiger partial charge in [0.15, 0.2) is 0 Å². The zero-order valence-corrected chi connectivity index (χ0v) is 8.31. The number of hydrazine groups is 1. The molecule has 1 rings (SSSR count). The van der Waals surface area contributed by atoms with Crippen LogP contribution in [-0.4, -0.2) is 11.8 Å². The number of rotatable bonds is 2. The van der Waals surface area contributed by atoms with Crippen molar-refractivity contribution in [3.63, 3.8) is 0 Å². The molecule has 13 heavy (non-hydrogen) atoms. The Bertz CT molecular complexity index is 232. The molecule has 0 spiro atoms. The summed E-state index contributed by atoms with van der Waals surface area (Å²) in [5, 5.41) is 0. The topological polar surface area (TPSA) is 58.2 Å². The van der Waals surface area contributed by atoms with Gasteiger partial charge in [0.1, 0.15) is 0 Å². The van der Waals surface area contributed by atoms with Crippen molar-refractivity contribution >= 4 is 11.8 Å². The summed E-state index contributed by atoms with van der Waals surface area (Å²) in [6.07, 6.45) is 1.83. The molecular formula is C9H16N2O2. The van der Waals surface area contributed by atoms with E-state index in [0.717, 1.165) is 12.8 Å². The Balaban J connectivity index is 2.27. The van der Waals surface area contributed by atoms with Crippen molar-refractivity contribution in [2.24, 2.45) is 11.3 Å². The van der Waals surface area contributed by atoms with E-state index < -0.39 is 0 Å². The van der Waals surface area contributed by atoms with Crippen LogP contribution in [0.15, 0.2) is 0 Å². The summed E-state index contributed by atoms with van der Waals surface area (Å²) in [5.74, 6) is -0.341. The van der Waals surface area contributed by atoms with Crippen molar-refractivity contribution in [2.75, 3.05) is 0 Å². The minimum Gasteiger partial charge on any atom is -0.273 e. The van der Waals surface area contributed by atoms with Crippen LogP contribution in [0.1, 0.15) is 33.6 Å². The predicted octanol–water partition coefficient (Wildman–Crippen LogP) is 0.590. The SMILES string of the molecule is CC(C)C(=O)NNC(=O)C1(C)CC1. The second-order valence-corrected chi connectivity index (χ2v) is 4.16. The summed E-state index contributed by atoms with van der Waals surface area (Å²) in [7, 11) is 0. The van der Waals surface area contributed by atoms with Gasteiger partial charge in [0.25, 0.3) is 0 Å². The Morgan fingerprint density at radius 3 is 2.15 bits per heavy atom. The molecule has 4 heteroatoms. The third kappa shape index (κ3) is 2.44. The van der Waals surface area contributed by atoms with Crippen molar-refractivity contribution < 1.29 is 9.59 Å². The summed E-state index contributed by atoms with van der Waals surface area (Å²) in [5.41, 5.74) is 4.59. The van der Waals surface area contributed by atoms with Gasteiger partial charge in [0.05, 0.1) is 0 Å². The molecule has 0 aliphatic heterocycles. The number of nitrogens with one attached hydrogen (secondary N) is 2. The molecule has 4 nitrogen and oxygen atoms in total. The maximum absolute atomic E-state index is 11.3. The normalized spacial score (nSPS) is 18.2. The van der Waals surface area contributed by atoms with Gasteiger partial charge in [-0.2, -0.15) is 0 Å². The second-order valence-electron chi connectivity index (χ2n) is 4.16. The van der Waals surface area contributed by atoms with Crippen LogP contribution in [0.25, 0.3) is 0 Å². The van der Waals surface area contributed by atoms with E-state index in [0.29, 0.717) is 0 Å². The van der Waals surface area contributed by atoms with Gasteiger partial charge >= 0.3 is 0 Å². The molecule has 0 saturated heterocycles. The fraction of sp³-hybridized carbons (Fsp3) is 0.778. The molecule has 0 bridgehead atoms. The third-order valence-corrected chi connectivity index (χ3v) is 2.37. The van der Waals surface area contributed by atoms with Crippen molar-refractivity contribution in [2.45, 2.75) is 33.6 Å². The first-order valence-corrected chi connectivity index (χ1v) is 4.56. The van der Waals surface area contributed by atoms with Crippen LogP contribution in [0.3, 0.4) is 0 Å². The second kappa shape index (κ2) is 3.36. The first-order chi connectivity index (χ1) is 5.96. The molecular weight excluding hydrogens is 168 g/mol. The fourth-order valence-electron chi connectivity index (χ4n) is 0.828. The molecule has 0 atom stereocenters. The molecule has 74 valence electrons. The van der Waals surface area contributed by atoms with Crippen LogP contribution in [0.2, 0.25) is 0 Å². The highest BCUT2D eigenvalue weighted by molar-refractivity contribution is 5.87. The quantitative estimate of drug-likeness (QED) is 0.617. The van der Waals surface area contributed by atoms with Gasteiger partial charge < -0.3 is 0 Å². The number of hydrogen-bond acceptors (Lipinski definition) is 2. The Morgan fingerprint density at radius 2 is 1.77 bits per heavy atom. The molecule has 1 aliphatic carbocycles. The molecule has 0 heterocycles. The minimum absolute atomic E-state index is 0.0819. The average Bonchev–Trinajstić information content (AvgIpc) is 2.79. The van der Waals surface area contributed by atoms with Gasteiger partial charge in [-0.15, -0.1) is 0 Å². The van der Waals surface area contributed by atoms with Gasteiger partial charge in [0.2, 0.25) is 11.8 Å². The largest absolute Gasteiger partial charge is 0.273 e. The zero-order chi connectivity index (χ0) is 10.1. The summed E-state index contributed by atoms with van der Waals surface area (Å²) < 4.78 is 0. The summed E-state index contributed by atoms with van der Waals surface area (Å²) in [6.45, 7) is 5.45. The predicted molar refractivity (Wildman–Crippen MR) is 48.5 cm³/mol. The van der Waals surface area contributed by atoms with E-state index in [4.69, 9.17) is 0 Å². The summed E-state index contributed by atoms with van der Waals surface area (Å²) in [4.78, 5) is 22.4. The lowest BCUT2D eigenvalue weighted by atomic mass is 10.1. The molecule has 2 N–H and O–H groups in total. The van der Waals surface area contributed by atoms with Crippen LogP contribution in [-0.2, 0) is 9.59 Å². The molecule has 0 radical (unpaired) electrons. The lowest BCUT2D eigenvalue weighted by molar-refractivity contribution is -0.133. The van der Waals surface area contributed by atoms with E-state index in [1.54, 1.807) is 13.8 Å². The Kier molecular flexibility index (Phi) is 2.59. The molecule has 1 aliphatic rings. The van der Waals surface area contributed by atoms with Crippen LogP contribution in [0, 0.1) is 11.3 Å². The zero-order valence-electron chi connectivity index (χ0n) is 8.31. The molecule has 1 fully saturated rings. The first kappa shape index (κ1) is 10.0. The van der Waals surface area contributed by atoms with Gasteiger partial charge in [-0.25, -0.2) is 0 Å². The van der Waals surface area contributed by atoms with Crippen LogP contribution in [0.5, 0.6) is 0 Å². The third-order valence-electron chi connectivity index (χ3n) is 2.37. The molecule has 0 unspecified atom stereocenters. The van der Waals surface area contributed by atoms with Gasteiger partial charge in [-0.3, -0.25) is 20.4 Å². The van der Waals surface area contributed by atoms with Crippen molar-refractivity contribution in [1.29, 1.82) is 0 Å². The van der Waals surface area contributed by atoms with Crippen LogP contribution in [0.4, 0.5) is 0 Å². The number of hydrogen-bond donors (Lipinski definition) is 2. The van der Waals surface area contributed by atoms with E-state index in [-0.39, 0.29) is 23.1 Å². The molecule has 0 aromatic heterocycles. The minimum atomic E-state index is -0.232. The van der Waals surface area contributed by atoms with Crippen LogP contribution >= 0.6 is 0 Å². The van der Waals surface area contributed by atoms with Crippen molar-refractivity contribution in [1.82, 2.24) is 10.9 Å². The molecule has 1 saturated carbocycles. The fourth-order valence-corrected chi connectivity index (χ4v) is 0.828. The number of carbonyl (C=O) groups excluding carboxylic acids is 2. The highest BCUT2D eigenvalue weighted by atomic mass is 16.2. The van der Waals surface area contributed by atoms with E-state index in [9.17, 15) is 9.59 Å². The van der Waals surface area contributed by atoms with Crippen molar-refractivity contribution in [3.05, 3.63) is 0 Å². The highest BCUT2D eigenvalue weighted by Crippen LogP contribution is 2.44. The maximum atomic E-state index is 11.3. The Hall–Kier alpha value is -1.06. The van der Waals surface area contributed by atoms with E-state index in [1.165, 1.54) is 0 Å². The maximum Gasteiger partial charge on any atom is 0.244 e. The first-order valence-electron chi connectivity index (χ1n) is 4.56. The Labute approximate surface area is 78.0 Å². The smallest absolute Gasteiger partial charge is 0.244 e. The standard InChI is InChI=1S/C9H16N2O2/c1-6(2)7(12)10-11-8(13)9(3)4-5-9/h6H,4-5H2,1-3H3,(H,10,12)(H,11,13). The van der Waals surface area contributed by atoms with Crippen molar-refractivity contribution in [3.8, 4) is 0 Å². The molecule has 0 aromatic carbocycles. The van der Waals surface area contributed by atoms with E-state index in [1.807, 2.05) is 6.92 Å².